The van der Waals surface area contributed by atoms with Gasteiger partial charge in [-0.05, 0) is 49.1 Å². The molecule has 0 unspecified atom stereocenters. The Labute approximate surface area is 189 Å². The van der Waals surface area contributed by atoms with Gasteiger partial charge in [-0.15, -0.1) is 0 Å². The molecule has 0 N–H and O–H groups in total. The van der Waals surface area contributed by atoms with Crippen LogP contribution < -0.4 is 9.64 Å². The maximum atomic E-state index is 13.7. The molecule has 2 aromatic rings. The van der Waals surface area contributed by atoms with Gasteiger partial charge in [0.15, 0.2) is 0 Å². The Bertz CT molecular complexity index is 1050. The molecule has 4 rings (SSSR count). The topological polar surface area (TPSA) is 59.1 Å². The van der Waals surface area contributed by atoms with E-state index in [0.29, 0.717) is 61.3 Å². The molecule has 0 spiro atoms. The summed E-state index contributed by atoms with van der Waals surface area (Å²) in [6.07, 6.45) is 0. The van der Waals surface area contributed by atoms with Gasteiger partial charge in [-0.25, -0.2) is 4.90 Å². The van der Waals surface area contributed by atoms with Crippen LogP contribution in [0.1, 0.15) is 30.5 Å². The number of imide groups is 1. The molecule has 6 nitrogen and oxygen atoms in total. The van der Waals surface area contributed by atoms with Crippen LogP contribution in [-0.4, -0.2) is 49.6 Å². The van der Waals surface area contributed by atoms with Crippen LogP contribution in [0.5, 0.6) is 5.75 Å². The summed E-state index contributed by atoms with van der Waals surface area (Å²) in [5, 5.41) is 0. The van der Waals surface area contributed by atoms with Crippen LogP contribution in [-0.2, 0) is 14.3 Å². The van der Waals surface area contributed by atoms with Gasteiger partial charge in [-0.2, -0.15) is 0 Å². The van der Waals surface area contributed by atoms with E-state index < -0.39 is 0 Å². The van der Waals surface area contributed by atoms with E-state index in [1.165, 1.54) is 4.90 Å². The molecule has 168 valence electrons. The number of aryl methyl sites for hydroxylation is 2. The first-order valence-corrected chi connectivity index (χ1v) is 11.1. The van der Waals surface area contributed by atoms with Crippen molar-refractivity contribution in [2.24, 2.45) is 5.92 Å². The summed E-state index contributed by atoms with van der Waals surface area (Å²) in [5.74, 6) is 0.600. The number of nitrogens with zero attached hydrogens (tertiary/aromatic N) is 2. The number of benzene rings is 2. The van der Waals surface area contributed by atoms with Crippen molar-refractivity contribution in [3.63, 3.8) is 0 Å². The van der Waals surface area contributed by atoms with Crippen LogP contribution in [0.25, 0.3) is 5.57 Å². The van der Waals surface area contributed by atoms with Crippen molar-refractivity contribution in [1.82, 2.24) is 4.90 Å². The van der Waals surface area contributed by atoms with Crippen LogP contribution in [0.3, 0.4) is 0 Å². The average Bonchev–Trinajstić information content (AvgIpc) is 3.03. The van der Waals surface area contributed by atoms with Crippen LogP contribution in [0.15, 0.2) is 48.2 Å². The zero-order valence-electron chi connectivity index (χ0n) is 19.2. The van der Waals surface area contributed by atoms with Crippen molar-refractivity contribution in [2.75, 3.05) is 37.8 Å². The Kier molecular flexibility index (Phi) is 6.33. The lowest BCUT2D eigenvalue weighted by Gasteiger charge is -2.29. The molecule has 1 saturated heterocycles. The van der Waals surface area contributed by atoms with Crippen LogP contribution in [0.4, 0.5) is 5.69 Å². The number of anilines is 1. The van der Waals surface area contributed by atoms with E-state index >= 15 is 0 Å². The second-order valence-electron chi connectivity index (χ2n) is 8.79. The van der Waals surface area contributed by atoms with E-state index in [1.54, 1.807) is 0 Å². The smallest absolute Gasteiger partial charge is 0.282 e. The highest BCUT2D eigenvalue weighted by atomic mass is 16.5. The molecule has 0 bridgehead atoms. The second kappa shape index (κ2) is 9.17. The number of hydrogen-bond acceptors (Lipinski definition) is 5. The number of hydrogen-bond donors (Lipinski definition) is 0. The van der Waals surface area contributed by atoms with Gasteiger partial charge in [0.1, 0.15) is 11.4 Å². The van der Waals surface area contributed by atoms with E-state index in [0.717, 1.165) is 16.9 Å². The number of carbonyl (C=O) groups excluding carboxylic acids is 2. The Morgan fingerprint density at radius 2 is 1.66 bits per heavy atom. The quantitative estimate of drug-likeness (QED) is 0.645. The molecule has 0 radical (unpaired) electrons. The van der Waals surface area contributed by atoms with Crippen molar-refractivity contribution < 1.29 is 19.1 Å². The SMILES string of the molecule is Cc1ccc(N2C(=O)C(c3ccc(OCC(C)C)cc3)=C(N3CCOCC3)C2=O)c(C)c1. The first kappa shape index (κ1) is 22.1. The zero-order valence-corrected chi connectivity index (χ0v) is 19.2. The van der Waals surface area contributed by atoms with Gasteiger partial charge in [0.2, 0.25) is 0 Å². The summed E-state index contributed by atoms with van der Waals surface area (Å²) in [7, 11) is 0. The highest BCUT2D eigenvalue weighted by Gasteiger charge is 2.43. The van der Waals surface area contributed by atoms with E-state index in [4.69, 9.17) is 9.47 Å². The zero-order chi connectivity index (χ0) is 22.8. The summed E-state index contributed by atoms with van der Waals surface area (Å²) >= 11 is 0. The van der Waals surface area contributed by atoms with Crippen LogP contribution in [0, 0.1) is 19.8 Å². The minimum absolute atomic E-state index is 0.279. The Balaban J connectivity index is 1.74. The molecule has 2 aromatic carbocycles. The van der Waals surface area contributed by atoms with Gasteiger partial charge in [-0.3, -0.25) is 9.59 Å². The van der Waals surface area contributed by atoms with E-state index in [1.807, 2.05) is 61.2 Å². The standard InChI is InChI=1S/C26H30N2O4/c1-17(2)16-32-21-8-6-20(7-9-21)23-24(27-11-13-31-14-12-27)26(30)28(25(23)29)22-10-5-18(3)15-19(22)4/h5-10,15,17H,11-14,16H2,1-4H3. The van der Waals surface area contributed by atoms with Gasteiger partial charge in [-0.1, -0.05) is 43.7 Å². The molecule has 0 atom stereocenters. The molecule has 2 heterocycles. The fraction of sp³-hybridized carbons (Fsp3) is 0.385. The summed E-state index contributed by atoms with van der Waals surface area (Å²) in [4.78, 5) is 30.6. The van der Waals surface area contributed by atoms with E-state index in [2.05, 4.69) is 13.8 Å². The molecule has 2 aliphatic heterocycles. The monoisotopic (exact) mass is 434 g/mol. The number of carbonyl (C=O) groups is 2. The molecule has 0 aromatic heterocycles. The second-order valence-corrected chi connectivity index (χ2v) is 8.79. The van der Waals surface area contributed by atoms with Crippen molar-refractivity contribution in [3.05, 3.63) is 64.9 Å². The highest BCUT2D eigenvalue weighted by molar-refractivity contribution is 6.45. The molecule has 2 amide bonds. The van der Waals surface area contributed by atoms with Crippen molar-refractivity contribution in [1.29, 1.82) is 0 Å². The predicted molar refractivity (Wildman–Crippen MR) is 124 cm³/mol. The number of morpholine rings is 1. The molecule has 6 heteroatoms. The maximum absolute atomic E-state index is 13.7. The third kappa shape index (κ3) is 4.28. The first-order chi connectivity index (χ1) is 15.4. The first-order valence-electron chi connectivity index (χ1n) is 11.1. The Morgan fingerprint density at radius 1 is 0.969 bits per heavy atom. The highest BCUT2D eigenvalue weighted by Crippen LogP contribution is 2.37. The van der Waals surface area contributed by atoms with Gasteiger partial charge in [0, 0.05) is 13.1 Å². The third-order valence-corrected chi connectivity index (χ3v) is 5.71. The Hall–Kier alpha value is -3.12. The fourth-order valence-electron chi connectivity index (χ4n) is 4.11. The average molecular weight is 435 g/mol. The summed E-state index contributed by atoms with van der Waals surface area (Å²) < 4.78 is 11.3. The molecule has 2 aliphatic rings. The molecule has 0 saturated carbocycles. The van der Waals surface area contributed by atoms with Gasteiger partial charge in [0.05, 0.1) is 31.1 Å². The van der Waals surface area contributed by atoms with Crippen molar-refractivity contribution in [2.45, 2.75) is 27.7 Å². The summed E-state index contributed by atoms with van der Waals surface area (Å²) in [5.41, 5.74) is 4.22. The largest absolute Gasteiger partial charge is 0.493 e. The van der Waals surface area contributed by atoms with Crippen molar-refractivity contribution in [3.8, 4) is 5.75 Å². The molecular formula is C26H30N2O4. The van der Waals surface area contributed by atoms with Crippen LogP contribution in [0.2, 0.25) is 0 Å². The number of rotatable bonds is 6. The summed E-state index contributed by atoms with van der Waals surface area (Å²) in [6, 6.07) is 13.2. The van der Waals surface area contributed by atoms with Crippen LogP contribution >= 0.6 is 0 Å². The minimum atomic E-state index is -0.292. The molecule has 1 fully saturated rings. The van der Waals surface area contributed by atoms with Crippen molar-refractivity contribution >= 4 is 23.1 Å². The van der Waals surface area contributed by atoms with Gasteiger partial charge >= 0.3 is 0 Å². The van der Waals surface area contributed by atoms with Gasteiger partial charge < -0.3 is 14.4 Å². The minimum Gasteiger partial charge on any atom is -0.493 e. The Morgan fingerprint density at radius 3 is 2.28 bits per heavy atom. The molecule has 32 heavy (non-hydrogen) atoms. The predicted octanol–water partition coefficient (Wildman–Crippen LogP) is 3.95. The van der Waals surface area contributed by atoms with E-state index in [9.17, 15) is 9.59 Å². The number of amides is 2. The van der Waals surface area contributed by atoms with E-state index in [-0.39, 0.29) is 11.8 Å². The molecule has 0 aliphatic carbocycles. The fourth-order valence-corrected chi connectivity index (χ4v) is 4.11. The van der Waals surface area contributed by atoms with Gasteiger partial charge in [0.25, 0.3) is 11.8 Å². The lowest BCUT2D eigenvalue weighted by Crippen LogP contribution is -2.40. The lowest BCUT2D eigenvalue weighted by atomic mass is 10.0. The maximum Gasteiger partial charge on any atom is 0.282 e. The number of ether oxygens (including phenoxy) is 2. The lowest BCUT2D eigenvalue weighted by molar-refractivity contribution is -0.121. The normalized spacial score (nSPS) is 17.0. The third-order valence-electron chi connectivity index (χ3n) is 5.71. The summed E-state index contributed by atoms with van der Waals surface area (Å²) in [6.45, 7) is 11.0. The molecular weight excluding hydrogens is 404 g/mol.